The monoisotopic (exact) mass is 365 g/mol. The molecule has 1 unspecified atom stereocenters. The molecule has 0 aliphatic carbocycles. The van der Waals surface area contributed by atoms with Crippen LogP contribution in [0.5, 0.6) is 0 Å². The molecule has 0 aliphatic heterocycles. The Morgan fingerprint density at radius 3 is 2.41 bits per heavy atom. The van der Waals surface area contributed by atoms with E-state index in [0.717, 1.165) is 5.69 Å². The van der Waals surface area contributed by atoms with Gasteiger partial charge >= 0.3 is 5.97 Å². The number of amides is 1. The minimum absolute atomic E-state index is 0.276. The molecule has 1 heterocycles. The Morgan fingerprint density at radius 2 is 1.81 bits per heavy atom. The number of carbonyl (C=O) groups excluding carboxylic acids is 2. The van der Waals surface area contributed by atoms with Crippen LogP contribution in [0.3, 0.4) is 0 Å². The van der Waals surface area contributed by atoms with Crippen LogP contribution in [0, 0.1) is 0 Å². The Bertz CT molecular complexity index is 895. The number of anilines is 1. The first-order chi connectivity index (χ1) is 13.1. The largest absolute Gasteiger partial charge is 0.449 e. The topological polar surface area (TPSA) is 90.2 Å². The van der Waals surface area contributed by atoms with Crippen LogP contribution in [0.25, 0.3) is 5.69 Å². The zero-order chi connectivity index (χ0) is 19.2. The summed E-state index contributed by atoms with van der Waals surface area (Å²) in [5, 5.41) is 10.9. The van der Waals surface area contributed by atoms with Crippen LogP contribution in [0.15, 0.2) is 60.9 Å². The second-order valence-corrected chi connectivity index (χ2v) is 5.77. The van der Waals surface area contributed by atoms with Gasteiger partial charge in [-0.2, -0.15) is 0 Å². The molecule has 0 N–H and O–H groups in total. The van der Waals surface area contributed by atoms with Crippen molar-refractivity contribution in [2.75, 3.05) is 11.4 Å². The summed E-state index contributed by atoms with van der Waals surface area (Å²) in [7, 11) is 0. The standard InChI is InChI=1S/C19H19N5O3/c1-3-23(16-7-5-4-6-8-16)18(25)14(2)27-19(26)15-9-11-17(12-10-15)24-13-20-21-22-24/h4-14H,3H2,1-2H3. The molecule has 0 saturated carbocycles. The van der Waals surface area contributed by atoms with Crippen LogP contribution < -0.4 is 4.90 Å². The molecule has 1 amide bonds. The molecule has 3 rings (SSSR count). The van der Waals surface area contributed by atoms with Gasteiger partial charge in [-0.3, -0.25) is 4.79 Å². The van der Waals surface area contributed by atoms with Crippen molar-refractivity contribution < 1.29 is 14.3 Å². The number of tetrazole rings is 1. The van der Waals surface area contributed by atoms with Crippen molar-refractivity contribution in [2.24, 2.45) is 0 Å². The Kier molecular flexibility index (Phi) is 5.55. The number of para-hydroxylation sites is 1. The van der Waals surface area contributed by atoms with E-state index in [2.05, 4.69) is 15.5 Å². The molecular weight excluding hydrogens is 346 g/mol. The van der Waals surface area contributed by atoms with Crippen molar-refractivity contribution in [3.8, 4) is 5.69 Å². The number of nitrogens with zero attached hydrogens (tertiary/aromatic N) is 5. The van der Waals surface area contributed by atoms with Crippen LogP contribution in [0.2, 0.25) is 0 Å². The number of likely N-dealkylation sites (N-methyl/N-ethyl adjacent to an activating group) is 1. The third-order valence-electron chi connectivity index (χ3n) is 4.00. The van der Waals surface area contributed by atoms with Gasteiger partial charge in [0.25, 0.3) is 5.91 Å². The van der Waals surface area contributed by atoms with Crippen molar-refractivity contribution in [1.29, 1.82) is 0 Å². The Morgan fingerprint density at radius 1 is 1.11 bits per heavy atom. The normalized spacial score (nSPS) is 11.6. The summed E-state index contributed by atoms with van der Waals surface area (Å²) in [5.74, 6) is -0.842. The summed E-state index contributed by atoms with van der Waals surface area (Å²) < 4.78 is 6.83. The minimum atomic E-state index is -0.906. The van der Waals surface area contributed by atoms with E-state index in [1.54, 1.807) is 36.1 Å². The fourth-order valence-corrected chi connectivity index (χ4v) is 2.60. The van der Waals surface area contributed by atoms with E-state index in [4.69, 9.17) is 4.74 Å². The lowest BCUT2D eigenvalue weighted by Crippen LogP contribution is -2.40. The number of aromatic nitrogens is 4. The third kappa shape index (κ3) is 4.17. The fourth-order valence-electron chi connectivity index (χ4n) is 2.60. The molecule has 0 spiro atoms. The summed E-state index contributed by atoms with van der Waals surface area (Å²) in [6, 6.07) is 15.9. The maximum absolute atomic E-state index is 12.7. The van der Waals surface area contributed by atoms with Gasteiger partial charge in [0.05, 0.1) is 11.3 Å². The minimum Gasteiger partial charge on any atom is -0.449 e. The van der Waals surface area contributed by atoms with Crippen molar-refractivity contribution in [2.45, 2.75) is 20.0 Å². The lowest BCUT2D eigenvalue weighted by Gasteiger charge is -2.24. The average Bonchev–Trinajstić information content (AvgIpc) is 3.24. The number of rotatable bonds is 6. The average molecular weight is 365 g/mol. The van der Waals surface area contributed by atoms with Crippen LogP contribution in [-0.4, -0.2) is 44.7 Å². The molecule has 138 valence electrons. The molecule has 8 nitrogen and oxygen atoms in total. The molecule has 27 heavy (non-hydrogen) atoms. The summed E-state index contributed by atoms with van der Waals surface area (Å²) in [5.41, 5.74) is 1.81. The predicted octanol–water partition coefficient (Wildman–Crippen LogP) is 2.26. The Labute approximate surface area is 156 Å². The van der Waals surface area contributed by atoms with Crippen molar-refractivity contribution in [1.82, 2.24) is 20.2 Å². The summed E-state index contributed by atoms with van der Waals surface area (Å²) in [6.07, 6.45) is 0.550. The van der Waals surface area contributed by atoms with E-state index >= 15 is 0 Å². The molecule has 0 radical (unpaired) electrons. The van der Waals surface area contributed by atoms with Gasteiger partial charge in [0.2, 0.25) is 0 Å². The highest BCUT2D eigenvalue weighted by Gasteiger charge is 2.24. The van der Waals surface area contributed by atoms with E-state index in [-0.39, 0.29) is 5.91 Å². The SMILES string of the molecule is CCN(C(=O)C(C)OC(=O)c1ccc(-n2cnnn2)cc1)c1ccccc1. The highest BCUT2D eigenvalue weighted by Crippen LogP contribution is 2.16. The van der Waals surface area contributed by atoms with E-state index in [9.17, 15) is 9.59 Å². The van der Waals surface area contributed by atoms with Gasteiger partial charge < -0.3 is 9.64 Å². The summed E-state index contributed by atoms with van der Waals surface area (Å²) in [4.78, 5) is 26.6. The van der Waals surface area contributed by atoms with Gasteiger partial charge in [0.1, 0.15) is 6.33 Å². The number of ether oxygens (including phenoxy) is 1. The molecule has 2 aromatic carbocycles. The highest BCUT2D eigenvalue weighted by atomic mass is 16.5. The third-order valence-corrected chi connectivity index (χ3v) is 4.00. The van der Waals surface area contributed by atoms with E-state index < -0.39 is 12.1 Å². The van der Waals surface area contributed by atoms with Crippen LogP contribution >= 0.6 is 0 Å². The molecule has 0 aliphatic rings. The van der Waals surface area contributed by atoms with Gasteiger partial charge in [0, 0.05) is 12.2 Å². The second-order valence-electron chi connectivity index (χ2n) is 5.77. The maximum Gasteiger partial charge on any atom is 0.338 e. The number of esters is 1. The Hall–Kier alpha value is -3.55. The first kappa shape index (κ1) is 18.2. The molecule has 0 saturated heterocycles. The van der Waals surface area contributed by atoms with Crippen LogP contribution in [-0.2, 0) is 9.53 Å². The van der Waals surface area contributed by atoms with Gasteiger partial charge in [-0.05, 0) is 60.7 Å². The van der Waals surface area contributed by atoms with Crippen molar-refractivity contribution in [3.05, 3.63) is 66.5 Å². The smallest absolute Gasteiger partial charge is 0.338 e. The highest BCUT2D eigenvalue weighted by molar-refractivity contribution is 5.99. The molecular formula is C19H19N5O3. The van der Waals surface area contributed by atoms with Crippen molar-refractivity contribution in [3.63, 3.8) is 0 Å². The second kappa shape index (κ2) is 8.22. The van der Waals surface area contributed by atoms with Crippen LogP contribution in [0.4, 0.5) is 5.69 Å². The number of hydrogen-bond donors (Lipinski definition) is 0. The lowest BCUT2D eigenvalue weighted by molar-refractivity contribution is -0.126. The van der Waals surface area contributed by atoms with Crippen LogP contribution in [0.1, 0.15) is 24.2 Å². The number of benzene rings is 2. The Balaban J connectivity index is 1.67. The molecule has 0 bridgehead atoms. The van der Waals surface area contributed by atoms with E-state index in [1.807, 2.05) is 37.3 Å². The van der Waals surface area contributed by atoms with E-state index in [0.29, 0.717) is 17.8 Å². The zero-order valence-electron chi connectivity index (χ0n) is 15.0. The van der Waals surface area contributed by atoms with Gasteiger partial charge in [0.15, 0.2) is 6.10 Å². The van der Waals surface area contributed by atoms with Gasteiger partial charge in [-0.25, -0.2) is 9.48 Å². The molecule has 8 heteroatoms. The first-order valence-corrected chi connectivity index (χ1v) is 8.51. The maximum atomic E-state index is 12.7. The fraction of sp³-hybridized carbons (Fsp3) is 0.211. The molecule has 1 aromatic heterocycles. The molecule has 0 fully saturated rings. The first-order valence-electron chi connectivity index (χ1n) is 8.51. The quantitative estimate of drug-likeness (QED) is 0.623. The van der Waals surface area contributed by atoms with E-state index in [1.165, 1.54) is 11.0 Å². The van der Waals surface area contributed by atoms with Crippen molar-refractivity contribution >= 4 is 17.6 Å². The zero-order valence-corrected chi connectivity index (χ0v) is 15.0. The predicted molar refractivity (Wildman–Crippen MR) is 98.5 cm³/mol. The van der Waals surface area contributed by atoms with Gasteiger partial charge in [-0.15, -0.1) is 5.10 Å². The number of carbonyl (C=O) groups is 2. The summed E-state index contributed by atoms with van der Waals surface area (Å²) in [6.45, 7) is 3.92. The molecule has 1 atom stereocenters. The van der Waals surface area contributed by atoms with Gasteiger partial charge in [-0.1, -0.05) is 18.2 Å². The lowest BCUT2D eigenvalue weighted by atomic mass is 10.2. The number of hydrogen-bond acceptors (Lipinski definition) is 6. The summed E-state index contributed by atoms with van der Waals surface area (Å²) >= 11 is 0. The molecule has 3 aromatic rings.